The molecule has 2 heterocycles. The summed E-state index contributed by atoms with van der Waals surface area (Å²) in [5.74, 6) is 0.859. The average molecular weight is 321 g/mol. The highest BCUT2D eigenvalue weighted by Gasteiger charge is 2.17. The van der Waals surface area contributed by atoms with Gasteiger partial charge in [0.1, 0.15) is 5.75 Å². The van der Waals surface area contributed by atoms with E-state index in [4.69, 9.17) is 4.74 Å². The highest BCUT2D eigenvalue weighted by molar-refractivity contribution is 5.92. The zero-order valence-corrected chi connectivity index (χ0v) is 14.7. The summed E-state index contributed by atoms with van der Waals surface area (Å²) < 4.78 is 7.87. The van der Waals surface area contributed by atoms with Gasteiger partial charge in [0.25, 0.3) is 0 Å². The summed E-state index contributed by atoms with van der Waals surface area (Å²) >= 11 is 0. The molecule has 124 valence electrons. The van der Waals surface area contributed by atoms with Gasteiger partial charge in [-0.15, -0.1) is 0 Å². The number of nitrogens with zero attached hydrogens (tertiary/aromatic N) is 1. The molecule has 3 rings (SSSR count). The van der Waals surface area contributed by atoms with Crippen LogP contribution in [0.1, 0.15) is 41.0 Å². The van der Waals surface area contributed by atoms with Gasteiger partial charge in [0.05, 0.1) is 12.3 Å². The van der Waals surface area contributed by atoms with Gasteiger partial charge in [-0.1, -0.05) is 19.1 Å². The Balaban J connectivity index is 2.32. The van der Waals surface area contributed by atoms with Crippen molar-refractivity contribution in [3.63, 3.8) is 0 Å². The summed E-state index contributed by atoms with van der Waals surface area (Å²) in [4.78, 5) is 11.9. The van der Waals surface area contributed by atoms with Gasteiger partial charge in [0.2, 0.25) is 0 Å². The van der Waals surface area contributed by atoms with Crippen molar-refractivity contribution in [2.75, 3.05) is 6.61 Å². The van der Waals surface area contributed by atoms with E-state index in [1.165, 1.54) is 5.56 Å². The number of pyridine rings is 1. The second-order valence-electron chi connectivity index (χ2n) is 6.14. The second-order valence-corrected chi connectivity index (χ2v) is 6.14. The van der Waals surface area contributed by atoms with Gasteiger partial charge in [-0.05, 0) is 62.1 Å². The molecular weight excluding hydrogens is 298 g/mol. The van der Waals surface area contributed by atoms with Crippen molar-refractivity contribution in [3.8, 4) is 16.9 Å². The molecule has 3 heteroatoms. The third-order valence-electron chi connectivity index (χ3n) is 4.39. The number of fused-ring (bicyclic) bond motifs is 1. The number of hydrogen-bond acceptors (Lipinski definition) is 2. The molecule has 0 saturated carbocycles. The molecule has 0 bridgehead atoms. The Morgan fingerprint density at radius 1 is 1.08 bits per heavy atom. The number of rotatable bonds is 5. The molecule has 24 heavy (non-hydrogen) atoms. The summed E-state index contributed by atoms with van der Waals surface area (Å²) in [6.45, 7) is 8.81. The molecule has 0 radical (unpaired) electrons. The molecule has 0 fully saturated rings. The van der Waals surface area contributed by atoms with Crippen LogP contribution in [0.25, 0.3) is 16.6 Å². The van der Waals surface area contributed by atoms with Crippen molar-refractivity contribution >= 4 is 11.8 Å². The fourth-order valence-electron chi connectivity index (χ4n) is 3.27. The summed E-state index contributed by atoms with van der Waals surface area (Å²) in [7, 11) is 0. The topological polar surface area (TPSA) is 30.7 Å². The lowest BCUT2D eigenvalue weighted by Gasteiger charge is -2.14. The second kappa shape index (κ2) is 6.52. The van der Waals surface area contributed by atoms with Crippen LogP contribution in [0, 0.1) is 13.8 Å². The van der Waals surface area contributed by atoms with Crippen LogP contribution in [-0.2, 0) is 6.42 Å². The fourth-order valence-corrected chi connectivity index (χ4v) is 3.27. The van der Waals surface area contributed by atoms with E-state index in [1.807, 2.05) is 24.4 Å². The summed E-state index contributed by atoms with van der Waals surface area (Å²) in [5, 5.41) is 0. The Labute approximate surface area is 142 Å². The third kappa shape index (κ3) is 2.71. The van der Waals surface area contributed by atoms with Gasteiger partial charge < -0.3 is 9.14 Å². The van der Waals surface area contributed by atoms with E-state index >= 15 is 0 Å². The van der Waals surface area contributed by atoms with E-state index < -0.39 is 0 Å². The molecule has 0 spiro atoms. The molecule has 1 aromatic carbocycles. The molecule has 0 aliphatic rings. The van der Waals surface area contributed by atoms with Crippen molar-refractivity contribution in [1.82, 2.24) is 4.40 Å². The Morgan fingerprint density at radius 2 is 1.88 bits per heavy atom. The van der Waals surface area contributed by atoms with Crippen LogP contribution in [0.2, 0.25) is 0 Å². The largest absolute Gasteiger partial charge is 0.493 e. The van der Waals surface area contributed by atoms with Gasteiger partial charge in [0.15, 0.2) is 6.29 Å². The van der Waals surface area contributed by atoms with Crippen LogP contribution < -0.4 is 4.74 Å². The first kappa shape index (κ1) is 16.3. The maximum absolute atomic E-state index is 11.9. The number of carbonyl (C=O) groups excluding carboxylic acids is 1. The summed E-state index contributed by atoms with van der Waals surface area (Å²) in [6.07, 6.45) is 3.93. The predicted molar refractivity (Wildman–Crippen MR) is 98.2 cm³/mol. The smallest absolute Gasteiger partial charge is 0.167 e. The molecule has 0 unspecified atom stereocenters. The molecule has 0 N–H and O–H groups in total. The molecule has 0 amide bonds. The fraction of sp³-hybridized carbons (Fsp3) is 0.286. The van der Waals surface area contributed by atoms with Gasteiger partial charge >= 0.3 is 0 Å². The Morgan fingerprint density at radius 3 is 2.54 bits per heavy atom. The maximum Gasteiger partial charge on any atom is 0.167 e. The van der Waals surface area contributed by atoms with Gasteiger partial charge in [-0.2, -0.15) is 0 Å². The van der Waals surface area contributed by atoms with Crippen LogP contribution in [0.15, 0.2) is 36.5 Å². The minimum absolute atomic E-state index is 0.598. The number of ether oxygens (including phenoxy) is 1. The van der Waals surface area contributed by atoms with E-state index in [9.17, 15) is 4.79 Å². The Hall–Kier alpha value is -2.55. The molecule has 0 aliphatic carbocycles. The molecule has 3 nitrogen and oxygen atoms in total. The van der Waals surface area contributed by atoms with E-state index in [0.717, 1.165) is 46.2 Å². The quantitative estimate of drug-likeness (QED) is 0.619. The zero-order valence-electron chi connectivity index (χ0n) is 14.7. The van der Waals surface area contributed by atoms with Gasteiger partial charge in [-0.3, -0.25) is 4.79 Å². The molecule has 0 aliphatic heterocycles. The third-order valence-corrected chi connectivity index (χ3v) is 4.39. The van der Waals surface area contributed by atoms with Gasteiger partial charge in [-0.25, -0.2) is 0 Å². The van der Waals surface area contributed by atoms with E-state index in [-0.39, 0.29) is 0 Å². The SMILES string of the molecule is CCOc1c(C)cc(C)cc1-c1cc2ccc(CC)cn2c1C=O. The molecule has 2 aromatic heterocycles. The lowest BCUT2D eigenvalue weighted by atomic mass is 9.99. The van der Waals surface area contributed by atoms with Crippen molar-refractivity contribution in [2.24, 2.45) is 0 Å². The Bertz CT molecular complexity index is 906. The first-order chi connectivity index (χ1) is 11.6. The van der Waals surface area contributed by atoms with Crippen LogP contribution in [0.5, 0.6) is 5.75 Å². The predicted octanol–water partition coefficient (Wildman–Crippen LogP) is 5.00. The first-order valence-corrected chi connectivity index (χ1v) is 8.42. The number of aryl methyl sites for hydroxylation is 3. The van der Waals surface area contributed by atoms with E-state index in [0.29, 0.717) is 12.3 Å². The number of carbonyl (C=O) groups is 1. The van der Waals surface area contributed by atoms with Crippen LogP contribution in [0.4, 0.5) is 0 Å². The minimum atomic E-state index is 0.598. The van der Waals surface area contributed by atoms with Crippen LogP contribution in [0.3, 0.4) is 0 Å². The number of aromatic nitrogens is 1. The highest BCUT2D eigenvalue weighted by atomic mass is 16.5. The van der Waals surface area contributed by atoms with Gasteiger partial charge in [0, 0.05) is 22.8 Å². The monoisotopic (exact) mass is 321 g/mol. The van der Waals surface area contributed by atoms with Crippen molar-refractivity contribution < 1.29 is 9.53 Å². The maximum atomic E-state index is 11.9. The molecule has 0 atom stereocenters. The minimum Gasteiger partial charge on any atom is -0.493 e. The van der Waals surface area contributed by atoms with Crippen molar-refractivity contribution in [3.05, 3.63) is 58.9 Å². The normalized spacial score (nSPS) is 11.0. The van der Waals surface area contributed by atoms with Crippen molar-refractivity contribution in [1.29, 1.82) is 0 Å². The highest BCUT2D eigenvalue weighted by Crippen LogP contribution is 2.37. The molecular formula is C21H23NO2. The number of benzene rings is 1. The first-order valence-electron chi connectivity index (χ1n) is 8.42. The van der Waals surface area contributed by atoms with Crippen LogP contribution in [-0.4, -0.2) is 17.3 Å². The number of aldehydes is 1. The summed E-state index contributed by atoms with van der Waals surface area (Å²) in [6, 6.07) is 10.5. The lowest BCUT2D eigenvalue weighted by molar-refractivity contribution is 0.111. The molecule has 0 saturated heterocycles. The molecule has 3 aromatic rings. The van der Waals surface area contributed by atoms with E-state index in [2.05, 4.69) is 44.2 Å². The standard InChI is InChI=1S/C21H23NO2/c1-5-16-7-8-17-11-18(20(13-23)22(17)12-16)19-10-14(3)9-15(4)21(19)24-6-2/h7-13H,5-6H2,1-4H3. The summed E-state index contributed by atoms with van der Waals surface area (Å²) in [5.41, 5.74) is 7.06. The zero-order chi connectivity index (χ0) is 17.3. The average Bonchev–Trinajstić information content (AvgIpc) is 2.94. The van der Waals surface area contributed by atoms with Crippen LogP contribution >= 0.6 is 0 Å². The lowest BCUT2D eigenvalue weighted by Crippen LogP contribution is -1.99. The van der Waals surface area contributed by atoms with Crippen molar-refractivity contribution in [2.45, 2.75) is 34.1 Å². The Kier molecular flexibility index (Phi) is 4.43. The van der Waals surface area contributed by atoms with E-state index in [1.54, 1.807) is 0 Å². The number of hydrogen-bond donors (Lipinski definition) is 0.